The summed E-state index contributed by atoms with van der Waals surface area (Å²) in [7, 11) is 0. The van der Waals surface area contributed by atoms with Crippen LogP contribution in [0.15, 0.2) is 54.1 Å². The van der Waals surface area contributed by atoms with Crippen molar-refractivity contribution in [3.63, 3.8) is 0 Å². The molecule has 2 unspecified atom stereocenters. The zero-order chi connectivity index (χ0) is 14.0. The number of halogens is 2. The van der Waals surface area contributed by atoms with E-state index in [0.29, 0.717) is 5.92 Å². The van der Waals surface area contributed by atoms with Gasteiger partial charge in [-0.25, -0.2) is 0 Å². The van der Waals surface area contributed by atoms with Gasteiger partial charge in [0.15, 0.2) is 0 Å². The van der Waals surface area contributed by atoms with E-state index in [1.165, 1.54) is 16.7 Å². The first-order chi connectivity index (χ1) is 9.81. The number of hydrogen-bond acceptors (Lipinski definition) is 1. The van der Waals surface area contributed by atoms with Crippen LogP contribution in [0.4, 0.5) is 0 Å². The average molecular weight is 429 g/mol. The van der Waals surface area contributed by atoms with E-state index >= 15 is 0 Å². The van der Waals surface area contributed by atoms with Crippen molar-refractivity contribution in [2.75, 3.05) is 6.61 Å². The fourth-order valence-corrected chi connectivity index (χ4v) is 3.89. The van der Waals surface area contributed by atoms with Crippen LogP contribution in [0.2, 0.25) is 0 Å². The summed E-state index contributed by atoms with van der Waals surface area (Å²) in [5.41, 5.74) is 4.28. The third-order valence-corrected chi connectivity index (χ3v) is 4.99. The first-order valence-electron chi connectivity index (χ1n) is 7.56. The molecule has 0 heterocycles. The van der Waals surface area contributed by atoms with Gasteiger partial charge in [-0.3, -0.25) is 0 Å². The van der Waals surface area contributed by atoms with Crippen LogP contribution in [-0.2, 0) is 26.2 Å². The van der Waals surface area contributed by atoms with Crippen molar-refractivity contribution in [1.82, 2.24) is 0 Å². The number of benzene rings is 1. The van der Waals surface area contributed by atoms with E-state index in [4.69, 9.17) is 0 Å². The third-order valence-electron chi connectivity index (χ3n) is 4.99. The van der Waals surface area contributed by atoms with Gasteiger partial charge >= 0.3 is 26.2 Å². The minimum atomic E-state index is 0. The predicted octanol–water partition coefficient (Wildman–Crippen LogP) is -1.53. The van der Waals surface area contributed by atoms with Gasteiger partial charge in [-0.2, -0.15) is 0 Å². The van der Waals surface area contributed by atoms with E-state index in [1.807, 2.05) is 0 Å². The van der Waals surface area contributed by atoms with Gasteiger partial charge in [0.2, 0.25) is 0 Å². The molecule has 2 atom stereocenters. The molecule has 0 aliphatic heterocycles. The van der Waals surface area contributed by atoms with Gasteiger partial charge in [0.05, 0.1) is 0 Å². The maximum Gasteiger partial charge on any atom is 2.00 e. The second kappa shape index (κ2) is 9.99. The molecular formula is C19H22Cl2OZr. The van der Waals surface area contributed by atoms with Crippen molar-refractivity contribution in [1.29, 1.82) is 0 Å². The van der Waals surface area contributed by atoms with Crippen LogP contribution in [0.1, 0.15) is 43.2 Å². The number of aliphatic hydroxyl groups excluding tert-OH is 1. The molecule has 0 saturated carbocycles. The zero-order valence-electron chi connectivity index (χ0n) is 13.3. The molecule has 4 heteroatoms. The summed E-state index contributed by atoms with van der Waals surface area (Å²) < 4.78 is 0. The van der Waals surface area contributed by atoms with Crippen LogP contribution >= 0.6 is 0 Å². The van der Waals surface area contributed by atoms with Crippen LogP contribution < -0.4 is 24.8 Å². The number of hydrogen-bond donors (Lipinski definition) is 1. The number of aliphatic hydroxyl groups is 1. The quantitative estimate of drug-likeness (QED) is 0.604. The Labute approximate surface area is 170 Å². The normalized spacial score (nSPS) is 19.7. The van der Waals surface area contributed by atoms with Crippen LogP contribution in [0.25, 0.3) is 6.08 Å². The van der Waals surface area contributed by atoms with Gasteiger partial charge in [0, 0.05) is 17.9 Å². The van der Waals surface area contributed by atoms with E-state index in [9.17, 15) is 5.11 Å². The smallest absolute Gasteiger partial charge is 1.00 e. The Morgan fingerprint density at radius 2 is 1.96 bits per heavy atom. The average Bonchev–Trinajstić information content (AvgIpc) is 3.15. The molecule has 0 aromatic heterocycles. The molecule has 1 aromatic carbocycles. The van der Waals surface area contributed by atoms with Gasteiger partial charge in [0.1, 0.15) is 0 Å². The fourth-order valence-electron chi connectivity index (χ4n) is 3.89. The number of rotatable bonds is 5. The Morgan fingerprint density at radius 1 is 1.22 bits per heavy atom. The van der Waals surface area contributed by atoms with Gasteiger partial charge in [-0.1, -0.05) is 67.1 Å². The Morgan fingerprint density at radius 3 is 2.57 bits per heavy atom. The molecule has 2 aliphatic carbocycles. The summed E-state index contributed by atoms with van der Waals surface area (Å²) >= 11 is 0. The molecule has 23 heavy (non-hydrogen) atoms. The van der Waals surface area contributed by atoms with Crippen LogP contribution in [0.5, 0.6) is 0 Å². The molecule has 0 fully saturated rings. The van der Waals surface area contributed by atoms with E-state index in [0.717, 1.165) is 19.3 Å². The van der Waals surface area contributed by atoms with Gasteiger partial charge in [-0.15, -0.1) is 0 Å². The summed E-state index contributed by atoms with van der Waals surface area (Å²) in [6, 6.07) is 8.65. The standard InChI is InChI=1S/C19H22O.2ClH.Zr/c1-2-19(13-14-20,16-8-4-5-9-16)18-12-11-15-7-3-6-10-17(15)18;;;/h3-8,10-12,18,20H,2,9,13-14H2,1H3;2*1H;/q;;;+2/p-2. The molecule has 1 N–H and O–H groups in total. The minimum Gasteiger partial charge on any atom is -1.00 e. The number of fused-ring (bicyclic) bond motifs is 1. The molecule has 0 saturated heterocycles. The van der Waals surface area contributed by atoms with Crippen LogP contribution in [0.3, 0.4) is 0 Å². The molecule has 2 aliphatic rings. The summed E-state index contributed by atoms with van der Waals surface area (Å²) in [5, 5.41) is 9.63. The summed E-state index contributed by atoms with van der Waals surface area (Å²) in [5.74, 6) is 0.391. The minimum absolute atomic E-state index is 0. The van der Waals surface area contributed by atoms with Gasteiger partial charge < -0.3 is 29.9 Å². The van der Waals surface area contributed by atoms with Crippen molar-refractivity contribution in [3.05, 3.63) is 65.3 Å². The fraction of sp³-hybridized carbons (Fsp3) is 0.368. The van der Waals surface area contributed by atoms with Crippen molar-refractivity contribution < 1.29 is 56.1 Å². The molecule has 0 spiro atoms. The van der Waals surface area contributed by atoms with Crippen molar-refractivity contribution >= 4 is 6.08 Å². The van der Waals surface area contributed by atoms with Crippen molar-refractivity contribution in [3.8, 4) is 0 Å². The topological polar surface area (TPSA) is 20.2 Å². The van der Waals surface area contributed by atoms with E-state index in [2.05, 4.69) is 61.6 Å². The molecule has 3 rings (SSSR count). The van der Waals surface area contributed by atoms with E-state index < -0.39 is 0 Å². The van der Waals surface area contributed by atoms with Crippen molar-refractivity contribution in [2.45, 2.75) is 32.1 Å². The largest absolute Gasteiger partial charge is 2.00 e. The first-order valence-corrected chi connectivity index (χ1v) is 7.56. The summed E-state index contributed by atoms with van der Waals surface area (Å²) in [6.45, 7) is 2.50. The monoisotopic (exact) mass is 426 g/mol. The molecule has 0 amide bonds. The Balaban J connectivity index is 0.00000161. The second-order valence-electron chi connectivity index (χ2n) is 5.77. The summed E-state index contributed by atoms with van der Waals surface area (Å²) in [6.07, 6.45) is 14.1. The Bertz CT molecular complexity index is 595. The maximum atomic E-state index is 9.63. The SMILES string of the molecule is CCC(CCO)(C1=CC=CC1)C1C=Cc2ccccc21.[Cl-].[Cl-].[Zr+2]. The molecule has 1 aromatic rings. The van der Waals surface area contributed by atoms with Crippen LogP contribution in [0, 0.1) is 5.41 Å². The van der Waals surface area contributed by atoms with Gasteiger partial charge in [-0.05, 0) is 30.4 Å². The Hall–Kier alpha value is -0.137. The number of allylic oxidation sites excluding steroid dienone is 5. The molecule has 0 bridgehead atoms. The van der Waals surface area contributed by atoms with Crippen molar-refractivity contribution in [2.24, 2.45) is 5.41 Å². The molecule has 0 radical (unpaired) electrons. The molecule has 1 nitrogen and oxygen atoms in total. The van der Waals surface area contributed by atoms with Gasteiger partial charge in [0.25, 0.3) is 0 Å². The summed E-state index contributed by atoms with van der Waals surface area (Å²) in [4.78, 5) is 0. The third kappa shape index (κ3) is 4.10. The van der Waals surface area contributed by atoms with Crippen LogP contribution in [-0.4, -0.2) is 11.7 Å². The maximum absolute atomic E-state index is 9.63. The van der Waals surface area contributed by atoms with E-state index in [-0.39, 0.29) is 63.0 Å². The first kappa shape index (κ1) is 22.9. The second-order valence-corrected chi connectivity index (χ2v) is 5.77. The van der Waals surface area contributed by atoms with E-state index in [1.54, 1.807) is 0 Å². The zero-order valence-corrected chi connectivity index (χ0v) is 17.3. The molecule has 122 valence electrons. The Kier molecular flexibility index (Phi) is 9.93. The predicted molar refractivity (Wildman–Crippen MR) is 84.5 cm³/mol. The molecular weight excluding hydrogens is 406 g/mol.